The second-order valence-electron chi connectivity index (χ2n) is 5.45. The Morgan fingerprint density at radius 3 is 2.62 bits per heavy atom. The van der Waals surface area contributed by atoms with E-state index in [2.05, 4.69) is 5.32 Å². The highest BCUT2D eigenvalue weighted by atomic mass is 19.2. The third kappa shape index (κ3) is 2.32. The van der Waals surface area contributed by atoms with Crippen molar-refractivity contribution in [1.29, 1.82) is 0 Å². The van der Waals surface area contributed by atoms with Gasteiger partial charge in [0.05, 0.1) is 5.92 Å². The van der Waals surface area contributed by atoms with Crippen molar-refractivity contribution in [1.82, 2.24) is 4.90 Å². The molecule has 2 N–H and O–H groups in total. The van der Waals surface area contributed by atoms with Crippen LogP contribution in [-0.2, 0) is 4.79 Å². The molecule has 2 heterocycles. The summed E-state index contributed by atoms with van der Waals surface area (Å²) in [5.41, 5.74) is 0.150. The van der Waals surface area contributed by atoms with Gasteiger partial charge in [-0.25, -0.2) is 13.6 Å². The van der Waals surface area contributed by atoms with Crippen molar-refractivity contribution in [2.24, 2.45) is 5.92 Å². The number of aliphatic carboxylic acids is 1. The fraction of sp³-hybridized carbons (Fsp3) is 0.429. The number of amides is 2. The summed E-state index contributed by atoms with van der Waals surface area (Å²) in [6.45, 7) is 0. The Morgan fingerprint density at radius 2 is 2.00 bits per heavy atom. The van der Waals surface area contributed by atoms with Crippen LogP contribution in [0.3, 0.4) is 0 Å². The zero-order valence-corrected chi connectivity index (χ0v) is 11.1. The predicted molar refractivity (Wildman–Crippen MR) is 69.8 cm³/mol. The van der Waals surface area contributed by atoms with Crippen LogP contribution in [0.4, 0.5) is 19.3 Å². The van der Waals surface area contributed by atoms with E-state index in [0.29, 0.717) is 12.8 Å². The van der Waals surface area contributed by atoms with E-state index in [1.165, 1.54) is 11.0 Å². The molecule has 3 atom stereocenters. The molecule has 0 aliphatic carbocycles. The first-order valence-electron chi connectivity index (χ1n) is 6.74. The number of nitrogens with zero attached hydrogens (tertiary/aromatic N) is 1. The molecule has 0 spiro atoms. The smallest absolute Gasteiger partial charge is 0.322 e. The minimum atomic E-state index is -1.04. The van der Waals surface area contributed by atoms with Gasteiger partial charge in [0.1, 0.15) is 0 Å². The summed E-state index contributed by atoms with van der Waals surface area (Å²) in [5, 5.41) is 11.6. The molecule has 0 radical (unpaired) electrons. The Morgan fingerprint density at radius 1 is 1.24 bits per heavy atom. The van der Waals surface area contributed by atoms with Crippen molar-refractivity contribution in [2.75, 3.05) is 5.32 Å². The van der Waals surface area contributed by atoms with Gasteiger partial charge in [0.25, 0.3) is 0 Å². The first kappa shape index (κ1) is 13.8. The van der Waals surface area contributed by atoms with Crippen molar-refractivity contribution in [3.05, 3.63) is 29.8 Å². The molecule has 3 unspecified atom stereocenters. The summed E-state index contributed by atoms with van der Waals surface area (Å²) in [6.07, 6.45) is 1.89. The van der Waals surface area contributed by atoms with Gasteiger partial charge < -0.3 is 15.3 Å². The second kappa shape index (κ2) is 4.98. The molecule has 112 valence electrons. The number of anilines is 1. The lowest BCUT2D eigenvalue weighted by Crippen LogP contribution is -2.40. The standard InChI is InChI=1S/C14H14F2N2O3/c15-10-3-1-7(5-11(10)16)17-14(21)18-8-2-4-12(18)9(6-8)13(19)20/h1,3,5,8-9,12H,2,4,6H2,(H,17,21)(H,19,20). The highest BCUT2D eigenvalue weighted by Crippen LogP contribution is 2.42. The Labute approximate surface area is 119 Å². The van der Waals surface area contributed by atoms with Gasteiger partial charge in [0.15, 0.2) is 11.6 Å². The Kier molecular flexibility index (Phi) is 3.27. The summed E-state index contributed by atoms with van der Waals surface area (Å²) in [4.78, 5) is 24.9. The van der Waals surface area contributed by atoms with Crippen LogP contribution in [0.1, 0.15) is 19.3 Å². The van der Waals surface area contributed by atoms with E-state index in [1.54, 1.807) is 0 Å². The number of nitrogens with one attached hydrogen (secondary N) is 1. The molecule has 2 saturated heterocycles. The molecule has 2 bridgehead atoms. The Balaban J connectivity index is 1.74. The summed E-state index contributed by atoms with van der Waals surface area (Å²) >= 11 is 0. The van der Waals surface area contributed by atoms with Crippen molar-refractivity contribution in [2.45, 2.75) is 31.3 Å². The quantitative estimate of drug-likeness (QED) is 0.880. The third-order valence-corrected chi connectivity index (χ3v) is 4.26. The molecule has 7 heteroatoms. The number of hydrogen-bond donors (Lipinski definition) is 2. The van der Waals surface area contributed by atoms with Crippen LogP contribution in [-0.4, -0.2) is 34.1 Å². The molecule has 3 rings (SSSR count). The van der Waals surface area contributed by atoms with Crippen LogP contribution in [0.5, 0.6) is 0 Å². The zero-order valence-electron chi connectivity index (χ0n) is 11.1. The number of carbonyl (C=O) groups is 2. The first-order chi connectivity index (χ1) is 9.97. The number of carbonyl (C=O) groups excluding carboxylic acids is 1. The maximum atomic E-state index is 13.1. The van der Waals surface area contributed by atoms with Crippen LogP contribution < -0.4 is 5.32 Å². The van der Waals surface area contributed by atoms with Gasteiger partial charge >= 0.3 is 12.0 Å². The van der Waals surface area contributed by atoms with E-state index in [-0.39, 0.29) is 17.8 Å². The van der Waals surface area contributed by atoms with E-state index < -0.39 is 29.6 Å². The number of carboxylic acid groups (broad SMARTS) is 1. The number of urea groups is 1. The average Bonchev–Trinajstić information content (AvgIpc) is 3.00. The van der Waals surface area contributed by atoms with Crippen molar-refractivity contribution in [3.63, 3.8) is 0 Å². The van der Waals surface area contributed by atoms with Crippen LogP contribution >= 0.6 is 0 Å². The fourth-order valence-electron chi connectivity index (χ4n) is 3.33. The summed E-state index contributed by atoms with van der Waals surface area (Å²) in [5.74, 6) is -3.46. The first-order valence-corrected chi connectivity index (χ1v) is 6.74. The summed E-state index contributed by atoms with van der Waals surface area (Å²) < 4.78 is 26.0. The van der Waals surface area contributed by atoms with Gasteiger partial charge in [-0.3, -0.25) is 4.79 Å². The largest absolute Gasteiger partial charge is 0.481 e. The van der Waals surface area contributed by atoms with Gasteiger partial charge in [0.2, 0.25) is 0 Å². The van der Waals surface area contributed by atoms with E-state index in [0.717, 1.165) is 18.6 Å². The fourth-order valence-corrected chi connectivity index (χ4v) is 3.33. The van der Waals surface area contributed by atoms with Gasteiger partial charge in [-0.1, -0.05) is 0 Å². The molecule has 0 aromatic heterocycles. The van der Waals surface area contributed by atoms with Gasteiger partial charge in [-0.2, -0.15) is 0 Å². The summed E-state index contributed by atoms with van der Waals surface area (Å²) in [7, 11) is 0. The topological polar surface area (TPSA) is 69.6 Å². The van der Waals surface area contributed by atoms with E-state index in [1.807, 2.05) is 0 Å². The second-order valence-corrected chi connectivity index (χ2v) is 5.45. The SMILES string of the molecule is O=C(O)C1CC2CCC1N2C(=O)Nc1ccc(F)c(F)c1. The predicted octanol–water partition coefficient (Wildman–Crippen LogP) is 2.43. The van der Waals surface area contributed by atoms with Crippen molar-refractivity contribution < 1.29 is 23.5 Å². The normalized spacial score (nSPS) is 27.0. The number of halogens is 2. The maximum absolute atomic E-state index is 13.1. The van der Waals surface area contributed by atoms with Crippen LogP contribution in [0.25, 0.3) is 0 Å². The van der Waals surface area contributed by atoms with Crippen molar-refractivity contribution in [3.8, 4) is 0 Å². The van der Waals surface area contributed by atoms with Gasteiger partial charge in [-0.05, 0) is 31.4 Å². The number of fused-ring (bicyclic) bond motifs is 2. The number of hydrogen-bond acceptors (Lipinski definition) is 2. The Bertz CT molecular complexity index is 608. The molecule has 2 fully saturated rings. The Hall–Kier alpha value is -2.18. The number of benzene rings is 1. The minimum Gasteiger partial charge on any atom is -0.481 e. The molecule has 2 aliphatic rings. The maximum Gasteiger partial charge on any atom is 0.322 e. The van der Waals surface area contributed by atoms with E-state index >= 15 is 0 Å². The average molecular weight is 296 g/mol. The minimum absolute atomic E-state index is 0.0959. The molecule has 1 aromatic carbocycles. The highest BCUT2D eigenvalue weighted by Gasteiger charge is 2.51. The van der Waals surface area contributed by atoms with Gasteiger partial charge in [-0.15, -0.1) is 0 Å². The number of rotatable bonds is 2. The molecule has 0 saturated carbocycles. The molecule has 2 amide bonds. The molecule has 5 nitrogen and oxygen atoms in total. The van der Waals surface area contributed by atoms with Crippen LogP contribution in [0.15, 0.2) is 18.2 Å². The number of carboxylic acids is 1. The third-order valence-electron chi connectivity index (χ3n) is 4.26. The lowest BCUT2D eigenvalue weighted by atomic mass is 9.89. The molecule has 1 aromatic rings. The van der Waals surface area contributed by atoms with Crippen molar-refractivity contribution >= 4 is 17.7 Å². The van der Waals surface area contributed by atoms with Crippen LogP contribution in [0, 0.1) is 17.6 Å². The lowest BCUT2D eigenvalue weighted by molar-refractivity contribution is -0.142. The summed E-state index contributed by atoms with van der Waals surface area (Å²) in [6, 6.07) is 2.23. The zero-order chi connectivity index (χ0) is 15.1. The van der Waals surface area contributed by atoms with Gasteiger partial charge in [0, 0.05) is 23.8 Å². The van der Waals surface area contributed by atoms with Crippen LogP contribution in [0.2, 0.25) is 0 Å². The molecule has 21 heavy (non-hydrogen) atoms. The molecular formula is C14H14F2N2O3. The monoisotopic (exact) mass is 296 g/mol. The molecule has 2 aliphatic heterocycles. The highest BCUT2D eigenvalue weighted by molar-refractivity contribution is 5.91. The molecular weight excluding hydrogens is 282 g/mol. The van der Waals surface area contributed by atoms with E-state index in [4.69, 9.17) is 5.11 Å². The lowest BCUT2D eigenvalue weighted by Gasteiger charge is -2.23. The van der Waals surface area contributed by atoms with E-state index in [9.17, 15) is 18.4 Å².